The summed E-state index contributed by atoms with van der Waals surface area (Å²) in [4.78, 5) is 15.6. The first-order valence-electron chi connectivity index (χ1n) is 5.83. The molecule has 0 atom stereocenters. The molecule has 1 saturated heterocycles. The van der Waals surface area contributed by atoms with E-state index in [-0.39, 0.29) is 12.0 Å². The monoisotopic (exact) mass is 212 g/mol. The van der Waals surface area contributed by atoms with Gasteiger partial charge in [-0.1, -0.05) is 0 Å². The molecule has 2 fully saturated rings. The van der Waals surface area contributed by atoms with E-state index >= 15 is 0 Å². The molecule has 0 unspecified atom stereocenters. The van der Waals surface area contributed by atoms with Crippen molar-refractivity contribution >= 4 is 5.91 Å². The van der Waals surface area contributed by atoms with Crippen LogP contribution in [0, 0.1) is 0 Å². The minimum atomic E-state index is -0.107. The Hall–Kier alpha value is -0.610. The molecular weight excluding hydrogens is 192 g/mol. The average Bonchev–Trinajstić information content (AvgIpc) is 2.23. The van der Waals surface area contributed by atoms with Gasteiger partial charge in [0, 0.05) is 26.2 Å². The van der Waals surface area contributed by atoms with Crippen LogP contribution in [0.15, 0.2) is 0 Å². The first-order valence-corrected chi connectivity index (χ1v) is 5.83. The van der Waals surface area contributed by atoms with E-state index in [1.807, 2.05) is 7.05 Å². The zero-order valence-corrected chi connectivity index (χ0v) is 9.35. The van der Waals surface area contributed by atoms with Gasteiger partial charge in [0.25, 0.3) is 0 Å². The molecule has 1 N–H and O–H groups in total. The van der Waals surface area contributed by atoms with Crippen molar-refractivity contribution in [3.8, 4) is 0 Å². The maximum absolute atomic E-state index is 11.5. The first kappa shape index (κ1) is 10.9. The lowest BCUT2D eigenvalue weighted by Crippen LogP contribution is -2.53. The zero-order valence-electron chi connectivity index (χ0n) is 9.35. The molecule has 1 saturated carbocycles. The van der Waals surface area contributed by atoms with Crippen LogP contribution in [0.25, 0.3) is 0 Å². The summed E-state index contributed by atoms with van der Waals surface area (Å²) in [7, 11) is 1.87. The standard InChI is InChI=1S/C11H20N2O2/c1-12-6-7-13(8-11(12)15)9-2-4-10(14)5-3-9/h9-10,14H,2-8H2,1H3/t9-,10-. The number of piperazine rings is 1. The normalized spacial score (nSPS) is 34.5. The van der Waals surface area contributed by atoms with Crippen molar-refractivity contribution in [1.29, 1.82) is 0 Å². The largest absolute Gasteiger partial charge is 0.393 e. The number of aliphatic hydroxyl groups is 1. The van der Waals surface area contributed by atoms with Gasteiger partial charge in [-0.15, -0.1) is 0 Å². The van der Waals surface area contributed by atoms with Crippen LogP contribution in [0.3, 0.4) is 0 Å². The van der Waals surface area contributed by atoms with Crippen molar-refractivity contribution in [2.75, 3.05) is 26.7 Å². The fourth-order valence-electron chi connectivity index (χ4n) is 2.51. The van der Waals surface area contributed by atoms with Crippen molar-refractivity contribution < 1.29 is 9.90 Å². The van der Waals surface area contributed by atoms with Gasteiger partial charge >= 0.3 is 0 Å². The van der Waals surface area contributed by atoms with Crippen molar-refractivity contribution in [2.24, 2.45) is 0 Å². The lowest BCUT2D eigenvalue weighted by molar-refractivity contribution is -0.135. The molecule has 0 aromatic rings. The molecule has 1 amide bonds. The lowest BCUT2D eigenvalue weighted by atomic mass is 9.91. The Morgan fingerprint density at radius 3 is 2.47 bits per heavy atom. The molecule has 4 heteroatoms. The van der Waals surface area contributed by atoms with Crippen molar-refractivity contribution in [1.82, 2.24) is 9.80 Å². The number of rotatable bonds is 1. The van der Waals surface area contributed by atoms with E-state index < -0.39 is 0 Å². The van der Waals surface area contributed by atoms with Crippen LogP contribution in [0.5, 0.6) is 0 Å². The molecule has 1 aliphatic heterocycles. The van der Waals surface area contributed by atoms with Crippen LogP contribution in [-0.4, -0.2) is 59.6 Å². The maximum Gasteiger partial charge on any atom is 0.236 e. The van der Waals surface area contributed by atoms with Gasteiger partial charge in [-0.3, -0.25) is 9.69 Å². The number of amides is 1. The number of likely N-dealkylation sites (N-methyl/N-ethyl adjacent to an activating group) is 1. The highest BCUT2D eigenvalue weighted by molar-refractivity contribution is 5.78. The maximum atomic E-state index is 11.5. The molecule has 1 heterocycles. The van der Waals surface area contributed by atoms with Gasteiger partial charge < -0.3 is 10.0 Å². The van der Waals surface area contributed by atoms with Crippen LogP contribution in [0.2, 0.25) is 0 Å². The Labute approximate surface area is 90.9 Å². The summed E-state index contributed by atoms with van der Waals surface area (Å²) >= 11 is 0. The predicted molar refractivity (Wildman–Crippen MR) is 57.5 cm³/mol. The van der Waals surface area contributed by atoms with Crippen LogP contribution in [0.1, 0.15) is 25.7 Å². The molecule has 1 aliphatic carbocycles. The van der Waals surface area contributed by atoms with E-state index in [4.69, 9.17) is 0 Å². The van der Waals surface area contributed by atoms with Crippen molar-refractivity contribution in [3.63, 3.8) is 0 Å². The smallest absolute Gasteiger partial charge is 0.236 e. The van der Waals surface area contributed by atoms with Gasteiger partial charge in [-0.2, -0.15) is 0 Å². The summed E-state index contributed by atoms with van der Waals surface area (Å²) in [5.41, 5.74) is 0. The highest BCUT2D eigenvalue weighted by Gasteiger charge is 2.29. The van der Waals surface area contributed by atoms with Gasteiger partial charge in [0.1, 0.15) is 0 Å². The molecule has 0 radical (unpaired) electrons. The Morgan fingerprint density at radius 1 is 1.20 bits per heavy atom. The summed E-state index contributed by atoms with van der Waals surface area (Å²) in [6.07, 6.45) is 3.76. The highest BCUT2D eigenvalue weighted by Crippen LogP contribution is 2.23. The van der Waals surface area contributed by atoms with Crippen LogP contribution < -0.4 is 0 Å². The molecular formula is C11H20N2O2. The second kappa shape index (κ2) is 4.49. The molecule has 0 bridgehead atoms. The molecule has 0 aromatic carbocycles. The minimum absolute atomic E-state index is 0.107. The topological polar surface area (TPSA) is 43.8 Å². The van der Waals surface area contributed by atoms with Crippen LogP contribution in [-0.2, 0) is 4.79 Å². The Balaban J connectivity index is 1.86. The lowest BCUT2D eigenvalue weighted by Gasteiger charge is -2.39. The van der Waals surface area contributed by atoms with Crippen LogP contribution >= 0.6 is 0 Å². The second-order valence-corrected chi connectivity index (χ2v) is 4.75. The van der Waals surface area contributed by atoms with Crippen LogP contribution in [0.4, 0.5) is 0 Å². The van der Waals surface area contributed by atoms with E-state index in [2.05, 4.69) is 4.90 Å². The van der Waals surface area contributed by atoms with Gasteiger partial charge in [0.2, 0.25) is 5.91 Å². The fraction of sp³-hybridized carbons (Fsp3) is 0.909. The highest BCUT2D eigenvalue weighted by atomic mass is 16.3. The quantitative estimate of drug-likeness (QED) is 0.668. The number of nitrogens with zero attached hydrogens (tertiary/aromatic N) is 2. The summed E-state index contributed by atoms with van der Waals surface area (Å²) in [5.74, 6) is 0.229. The summed E-state index contributed by atoms with van der Waals surface area (Å²) in [5, 5.41) is 9.43. The van der Waals surface area contributed by atoms with Crippen molar-refractivity contribution in [3.05, 3.63) is 0 Å². The summed E-state index contributed by atoms with van der Waals surface area (Å²) in [6.45, 7) is 2.40. The molecule has 2 aliphatic rings. The van der Waals surface area contributed by atoms with E-state index in [1.165, 1.54) is 0 Å². The van der Waals surface area contributed by atoms with E-state index in [0.29, 0.717) is 12.6 Å². The third kappa shape index (κ3) is 2.49. The predicted octanol–water partition coefficient (Wildman–Crippen LogP) is 0.0639. The molecule has 86 valence electrons. The van der Waals surface area contributed by atoms with Gasteiger partial charge in [-0.25, -0.2) is 0 Å². The van der Waals surface area contributed by atoms with E-state index in [9.17, 15) is 9.90 Å². The molecule has 15 heavy (non-hydrogen) atoms. The Kier molecular flexibility index (Phi) is 3.26. The number of hydrogen-bond acceptors (Lipinski definition) is 3. The van der Waals surface area contributed by atoms with Gasteiger partial charge in [-0.05, 0) is 25.7 Å². The molecule has 2 rings (SSSR count). The van der Waals surface area contributed by atoms with E-state index in [1.54, 1.807) is 4.90 Å². The first-order chi connectivity index (χ1) is 7.16. The number of carbonyl (C=O) groups excluding carboxylic acids is 1. The van der Waals surface area contributed by atoms with Crippen molar-refractivity contribution in [2.45, 2.75) is 37.8 Å². The Bertz CT molecular complexity index is 237. The second-order valence-electron chi connectivity index (χ2n) is 4.75. The summed E-state index contributed by atoms with van der Waals surface area (Å²) < 4.78 is 0. The average molecular weight is 212 g/mol. The summed E-state index contributed by atoms with van der Waals surface area (Å²) in [6, 6.07) is 0.519. The fourth-order valence-corrected chi connectivity index (χ4v) is 2.51. The zero-order chi connectivity index (χ0) is 10.8. The molecule has 0 aromatic heterocycles. The third-order valence-electron chi connectivity index (χ3n) is 3.67. The number of carbonyl (C=O) groups is 1. The van der Waals surface area contributed by atoms with Gasteiger partial charge in [0.05, 0.1) is 12.6 Å². The third-order valence-corrected chi connectivity index (χ3v) is 3.67. The molecule has 0 spiro atoms. The Morgan fingerprint density at radius 2 is 1.87 bits per heavy atom. The molecule has 4 nitrogen and oxygen atoms in total. The van der Waals surface area contributed by atoms with Gasteiger partial charge in [0.15, 0.2) is 0 Å². The van der Waals surface area contributed by atoms with E-state index in [0.717, 1.165) is 38.8 Å². The number of aliphatic hydroxyl groups excluding tert-OH is 1. The number of hydrogen-bond donors (Lipinski definition) is 1. The SMILES string of the molecule is CN1CCN([C@H]2CC[C@H](O)CC2)CC1=O. The minimum Gasteiger partial charge on any atom is -0.393 e.